The van der Waals surface area contributed by atoms with Crippen LogP contribution in [-0.4, -0.2) is 39.0 Å². The third-order valence-electron chi connectivity index (χ3n) is 3.62. The molecule has 0 aliphatic heterocycles. The zero-order valence-electron chi connectivity index (χ0n) is 11.7. The van der Waals surface area contributed by atoms with Gasteiger partial charge in [-0.05, 0) is 38.9 Å². The summed E-state index contributed by atoms with van der Waals surface area (Å²) in [6, 6.07) is 3.72. The minimum Gasteiger partial charge on any atom is -0.299 e. The molecule has 0 bridgehead atoms. The number of nitrogens with zero attached hydrogens (tertiary/aromatic N) is 1. The second-order valence-electron chi connectivity index (χ2n) is 5.30. The Morgan fingerprint density at radius 1 is 1.38 bits per heavy atom. The first-order valence-corrected chi connectivity index (χ1v) is 9.61. The summed E-state index contributed by atoms with van der Waals surface area (Å²) in [5.74, 6) is 0. The van der Waals surface area contributed by atoms with Crippen LogP contribution in [0.5, 0.6) is 0 Å². The van der Waals surface area contributed by atoms with Crippen LogP contribution < -0.4 is 4.72 Å². The number of benzene rings is 1. The van der Waals surface area contributed by atoms with Gasteiger partial charge in [0.2, 0.25) is 10.0 Å². The van der Waals surface area contributed by atoms with Gasteiger partial charge >= 0.3 is 0 Å². The molecule has 0 amide bonds. The first-order valence-electron chi connectivity index (χ1n) is 6.58. The van der Waals surface area contributed by atoms with Gasteiger partial charge in [0, 0.05) is 23.1 Å². The molecular weight excluding hydrogens is 399 g/mol. The predicted octanol–water partition coefficient (Wildman–Crippen LogP) is 3.52. The summed E-state index contributed by atoms with van der Waals surface area (Å²) in [5.41, 5.74) is 0. The highest BCUT2D eigenvalue weighted by Gasteiger charge is 2.30. The lowest BCUT2D eigenvalue weighted by Gasteiger charge is -2.24. The summed E-state index contributed by atoms with van der Waals surface area (Å²) < 4.78 is 28.0. The van der Waals surface area contributed by atoms with Crippen molar-refractivity contribution in [1.29, 1.82) is 0 Å². The fraction of sp³-hybridized carbons (Fsp3) is 0.538. The Labute approximate surface area is 144 Å². The van der Waals surface area contributed by atoms with Crippen molar-refractivity contribution in [3.05, 3.63) is 26.7 Å². The Balaban J connectivity index is 2.11. The number of likely N-dealkylation sites (N-methyl/N-ethyl adjacent to an activating group) is 1. The molecule has 4 nitrogen and oxygen atoms in total. The SMILES string of the molecule is CC(CNS(=O)(=O)c1c(Cl)cc(Br)cc1Cl)N(C)C1CC1. The molecule has 2 rings (SSSR count). The topological polar surface area (TPSA) is 49.4 Å². The molecule has 0 saturated heterocycles. The van der Waals surface area contributed by atoms with Crippen LogP contribution in [-0.2, 0) is 10.0 Å². The van der Waals surface area contributed by atoms with E-state index >= 15 is 0 Å². The number of halogens is 3. The van der Waals surface area contributed by atoms with E-state index in [1.165, 1.54) is 25.0 Å². The summed E-state index contributed by atoms with van der Waals surface area (Å²) in [7, 11) is -1.72. The Hall–Kier alpha value is 0.150. The summed E-state index contributed by atoms with van der Waals surface area (Å²) in [6.45, 7) is 2.31. The molecule has 1 saturated carbocycles. The average Bonchev–Trinajstić information content (AvgIpc) is 3.17. The fourth-order valence-corrected chi connectivity index (χ4v) is 5.13. The smallest absolute Gasteiger partial charge is 0.243 e. The van der Waals surface area contributed by atoms with Crippen LogP contribution in [0.1, 0.15) is 19.8 Å². The van der Waals surface area contributed by atoms with Crippen LogP contribution in [0.25, 0.3) is 0 Å². The van der Waals surface area contributed by atoms with E-state index in [1.807, 2.05) is 14.0 Å². The second kappa shape index (κ2) is 6.72. The zero-order chi connectivity index (χ0) is 15.8. The van der Waals surface area contributed by atoms with Gasteiger partial charge in [-0.3, -0.25) is 4.90 Å². The lowest BCUT2D eigenvalue weighted by atomic mass is 10.3. The fourth-order valence-electron chi connectivity index (χ4n) is 2.07. The van der Waals surface area contributed by atoms with Crippen LogP contribution in [0.2, 0.25) is 10.0 Å². The first kappa shape index (κ1) is 17.5. The van der Waals surface area contributed by atoms with E-state index in [2.05, 4.69) is 25.6 Å². The zero-order valence-corrected chi connectivity index (χ0v) is 15.7. The molecule has 1 aliphatic carbocycles. The highest BCUT2D eigenvalue weighted by Crippen LogP contribution is 2.33. The number of sulfonamides is 1. The Bertz CT molecular complexity index is 612. The van der Waals surface area contributed by atoms with E-state index in [0.29, 0.717) is 17.1 Å². The Morgan fingerprint density at radius 3 is 2.38 bits per heavy atom. The van der Waals surface area contributed by atoms with Gasteiger partial charge in [-0.2, -0.15) is 0 Å². The van der Waals surface area contributed by atoms with Crippen LogP contribution in [0.3, 0.4) is 0 Å². The van der Waals surface area contributed by atoms with E-state index in [9.17, 15) is 8.42 Å². The monoisotopic (exact) mass is 414 g/mol. The molecule has 1 unspecified atom stereocenters. The van der Waals surface area contributed by atoms with Crippen molar-refractivity contribution < 1.29 is 8.42 Å². The third-order valence-corrected chi connectivity index (χ3v) is 6.42. The third kappa shape index (κ3) is 4.33. The van der Waals surface area contributed by atoms with E-state index in [0.717, 1.165) is 0 Å². The van der Waals surface area contributed by atoms with Gasteiger partial charge in [0.05, 0.1) is 10.0 Å². The molecule has 1 fully saturated rings. The lowest BCUT2D eigenvalue weighted by molar-refractivity contribution is 0.248. The molecule has 118 valence electrons. The molecule has 21 heavy (non-hydrogen) atoms. The Morgan fingerprint density at radius 2 is 1.90 bits per heavy atom. The normalized spacial score (nSPS) is 17.2. The standard InChI is InChI=1S/C13H17BrCl2N2O2S/c1-8(18(2)10-3-4-10)7-17-21(19,20)13-11(15)5-9(14)6-12(13)16/h5-6,8,10,17H,3-4,7H2,1-2H3. The van der Waals surface area contributed by atoms with E-state index in [4.69, 9.17) is 23.2 Å². The molecule has 1 atom stereocenters. The molecule has 1 aromatic rings. The first-order chi connectivity index (χ1) is 9.72. The van der Waals surface area contributed by atoms with Gasteiger partial charge in [-0.1, -0.05) is 39.1 Å². The van der Waals surface area contributed by atoms with Gasteiger partial charge in [0.15, 0.2) is 0 Å². The van der Waals surface area contributed by atoms with Gasteiger partial charge < -0.3 is 0 Å². The largest absolute Gasteiger partial charge is 0.299 e. The predicted molar refractivity (Wildman–Crippen MR) is 89.6 cm³/mol. The quantitative estimate of drug-likeness (QED) is 0.773. The molecule has 0 spiro atoms. The highest BCUT2D eigenvalue weighted by atomic mass is 79.9. The van der Waals surface area contributed by atoms with Gasteiger partial charge in [0.1, 0.15) is 4.90 Å². The van der Waals surface area contributed by atoms with Crippen molar-refractivity contribution in [1.82, 2.24) is 9.62 Å². The molecule has 1 aromatic carbocycles. The van der Waals surface area contributed by atoms with Crippen molar-refractivity contribution in [2.45, 2.75) is 36.7 Å². The number of nitrogens with one attached hydrogen (secondary N) is 1. The van der Waals surface area contributed by atoms with Crippen molar-refractivity contribution in [3.63, 3.8) is 0 Å². The summed E-state index contributed by atoms with van der Waals surface area (Å²) >= 11 is 15.3. The number of rotatable bonds is 6. The molecule has 1 aliphatic rings. The molecule has 1 N–H and O–H groups in total. The molecular formula is C13H17BrCl2N2O2S. The molecule has 0 heterocycles. The lowest BCUT2D eigenvalue weighted by Crippen LogP contribution is -2.41. The summed E-state index contributed by atoms with van der Waals surface area (Å²) in [4.78, 5) is 2.11. The van der Waals surface area contributed by atoms with Gasteiger partial charge in [-0.25, -0.2) is 13.1 Å². The maximum absolute atomic E-state index is 12.4. The van der Waals surface area contributed by atoms with E-state index in [1.54, 1.807) is 0 Å². The van der Waals surface area contributed by atoms with Crippen molar-refractivity contribution in [2.75, 3.05) is 13.6 Å². The summed E-state index contributed by atoms with van der Waals surface area (Å²) in [5, 5.41) is 0.204. The second-order valence-corrected chi connectivity index (χ2v) is 8.73. The molecule has 0 aromatic heterocycles. The van der Waals surface area contributed by atoms with Crippen LogP contribution in [0, 0.1) is 0 Å². The summed E-state index contributed by atoms with van der Waals surface area (Å²) in [6.07, 6.45) is 2.36. The van der Waals surface area contributed by atoms with E-state index in [-0.39, 0.29) is 21.0 Å². The minimum absolute atomic E-state index is 0.0738. The van der Waals surface area contributed by atoms with Crippen LogP contribution >= 0.6 is 39.1 Å². The maximum Gasteiger partial charge on any atom is 0.243 e. The van der Waals surface area contributed by atoms with Crippen molar-refractivity contribution in [2.24, 2.45) is 0 Å². The van der Waals surface area contributed by atoms with Crippen molar-refractivity contribution in [3.8, 4) is 0 Å². The highest BCUT2D eigenvalue weighted by molar-refractivity contribution is 9.10. The van der Waals surface area contributed by atoms with Gasteiger partial charge in [-0.15, -0.1) is 0 Å². The number of hydrogen-bond donors (Lipinski definition) is 1. The Kier molecular flexibility index (Phi) is 5.60. The van der Waals surface area contributed by atoms with Gasteiger partial charge in [0.25, 0.3) is 0 Å². The molecule has 8 heteroatoms. The average molecular weight is 416 g/mol. The maximum atomic E-state index is 12.4. The van der Waals surface area contributed by atoms with E-state index < -0.39 is 10.0 Å². The van der Waals surface area contributed by atoms with Crippen LogP contribution in [0.15, 0.2) is 21.5 Å². The number of hydrogen-bond acceptors (Lipinski definition) is 3. The van der Waals surface area contributed by atoms with Crippen molar-refractivity contribution >= 4 is 49.2 Å². The minimum atomic E-state index is -3.73. The molecule has 0 radical (unpaired) electrons. The van der Waals surface area contributed by atoms with Crippen LogP contribution in [0.4, 0.5) is 0 Å².